The van der Waals surface area contributed by atoms with Crippen LogP contribution in [0.5, 0.6) is 0 Å². The quantitative estimate of drug-likeness (QED) is 0.628. The van der Waals surface area contributed by atoms with Crippen LogP contribution in [0.2, 0.25) is 0 Å². The van der Waals surface area contributed by atoms with Gasteiger partial charge in [0.1, 0.15) is 5.60 Å². The van der Waals surface area contributed by atoms with Gasteiger partial charge in [0, 0.05) is 0 Å². The van der Waals surface area contributed by atoms with Crippen molar-refractivity contribution in [3.63, 3.8) is 0 Å². The lowest BCUT2D eigenvalue weighted by atomic mass is 10.1. The number of hydrogen-bond acceptors (Lipinski definition) is 7. The molecule has 0 saturated carbocycles. The SMILES string of the molecule is COC(=O)[C@H]([C@@H](C)O)N(Cc1ccccc1)OC(=O)OC(C)(C)C. The van der Waals surface area contributed by atoms with Crippen molar-refractivity contribution >= 4 is 12.1 Å². The van der Waals surface area contributed by atoms with E-state index in [4.69, 9.17) is 14.3 Å². The summed E-state index contributed by atoms with van der Waals surface area (Å²) in [5, 5.41) is 11.0. The molecule has 24 heavy (non-hydrogen) atoms. The smallest absolute Gasteiger partial charge is 0.468 e. The Morgan fingerprint density at radius 3 is 2.25 bits per heavy atom. The Labute approximate surface area is 142 Å². The zero-order chi connectivity index (χ0) is 18.3. The number of benzene rings is 1. The minimum Gasteiger partial charge on any atom is -0.468 e. The lowest BCUT2D eigenvalue weighted by molar-refractivity contribution is -0.202. The molecule has 7 heteroatoms. The second-order valence-corrected chi connectivity index (χ2v) is 6.33. The molecule has 0 radical (unpaired) electrons. The maximum absolute atomic E-state index is 12.0. The Hall–Kier alpha value is -2.12. The Kier molecular flexibility index (Phi) is 7.18. The van der Waals surface area contributed by atoms with E-state index < -0.39 is 29.9 Å². The molecular weight excluding hydrogens is 314 g/mol. The van der Waals surface area contributed by atoms with Crippen molar-refractivity contribution in [1.82, 2.24) is 5.06 Å². The number of ether oxygens (including phenoxy) is 2. The van der Waals surface area contributed by atoms with Gasteiger partial charge >= 0.3 is 12.1 Å². The van der Waals surface area contributed by atoms with E-state index in [0.717, 1.165) is 10.6 Å². The van der Waals surface area contributed by atoms with Gasteiger partial charge in [-0.15, -0.1) is 5.06 Å². The molecule has 2 atom stereocenters. The van der Waals surface area contributed by atoms with E-state index >= 15 is 0 Å². The molecule has 0 aliphatic rings. The van der Waals surface area contributed by atoms with Crippen LogP contribution in [-0.2, 0) is 25.7 Å². The maximum Gasteiger partial charge on any atom is 0.528 e. The first-order chi connectivity index (χ1) is 11.1. The van der Waals surface area contributed by atoms with Gasteiger partial charge in [0.15, 0.2) is 6.04 Å². The van der Waals surface area contributed by atoms with Crippen LogP contribution in [0.3, 0.4) is 0 Å². The third-order valence-corrected chi connectivity index (χ3v) is 2.97. The zero-order valence-corrected chi connectivity index (χ0v) is 14.7. The summed E-state index contributed by atoms with van der Waals surface area (Å²) in [5.74, 6) is -0.718. The summed E-state index contributed by atoms with van der Waals surface area (Å²) in [5.41, 5.74) is 0.0387. The van der Waals surface area contributed by atoms with Gasteiger partial charge in [-0.25, -0.2) is 4.79 Å². The summed E-state index contributed by atoms with van der Waals surface area (Å²) >= 11 is 0. The summed E-state index contributed by atoms with van der Waals surface area (Å²) in [6.45, 7) is 6.59. The van der Waals surface area contributed by atoms with E-state index in [1.807, 2.05) is 30.3 Å². The van der Waals surface area contributed by atoms with E-state index in [0.29, 0.717) is 0 Å². The molecule has 1 aromatic rings. The highest BCUT2D eigenvalue weighted by Gasteiger charge is 2.35. The minimum absolute atomic E-state index is 0.0880. The van der Waals surface area contributed by atoms with Crippen LogP contribution in [0.1, 0.15) is 33.3 Å². The summed E-state index contributed by atoms with van der Waals surface area (Å²) in [6.07, 6.45) is -2.09. The molecule has 1 aromatic carbocycles. The van der Waals surface area contributed by atoms with Crippen molar-refractivity contribution in [2.24, 2.45) is 0 Å². The molecule has 0 bridgehead atoms. The highest BCUT2D eigenvalue weighted by atomic mass is 16.8. The van der Waals surface area contributed by atoms with Crippen molar-refractivity contribution in [3.8, 4) is 0 Å². The van der Waals surface area contributed by atoms with Crippen LogP contribution in [0, 0.1) is 0 Å². The van der Waals surface area contributed by atoms with Crippen LogP contribution in [-0.4, -0.2) is 47.2 Å². The van der Waals surface area contributed by atoms with Gasteiger partial charge in [-0.1, -0.05) is 30.3 Å². The number of carbonyl (C=O) groups is 2. The molecule has 0 unspecified atom stereocenters. The number of aliphatic hydroxyl groups excluding tert-OH is 1. The monoisotopic (exact) mass is 339 g/mol. The summed E-state index contributed by atoms with van der Waals surface area (Å²) in [7, 11) is 1.20. The predicted molar refractivity (Wildman–Crippen MR) is 86.8 cm³/mol. The Morgan fingerprint density at radius 1 is 1.21 bits per heavy atom. The van der Waals surface area contributed by atoms with Crippen LogP contribution in [0.25, 0.3) is 0 Å². The minimum atomic E-state index is -1.18. The molecule has 0 spiro atoms. The van der Waals surface area contributed by atoms with Crippen molar-refractivity contribution < 1.29 is 29.0 Å². The number of aliphatic hydroxyl groups is 1. The molecule has 0 amide bonds. The van der Waals surface area contributed by atoms with Crippen molar-refractivity contribution in [2.45, 2.75) is 52.0 Å². The first kappa shape index (κ1) is 19.9. The Bertz CT molecular complexity index is 538. The number of rotatable bonds is 6. The van der Waals surface area contributed by atoms with Gasteiger partial charge in [-0.05, 0) is 33.3 Å². The highest BCUT2D eigenvalue weighted by molar-refractivity contribution is 5.76. The van der Waals surface area contributed by atoms with Crippen LogP contribution in [0.15, 0.2) is 30.3 Å². The van der Waals surface area contributed by atoms with Crippen LogP contribution < -0.4 is 0 Å². The summed E-state index contributed by atoms with van der Waals surface area (Å²) in [4.78, 5) is 29.2. The third-order valence-electron chi connectivity index (χ3n) is 2.97. The number of esters is 1. The summed E-state index contributed by atoms with van der Waals surface area (Å²) in [6, 6.07) is 7.91. The normalized spacial score (nSPS) is 14.0. The van der Waals surface area contributed by atoms with Crippen molar-refractivity contribution in [3.05, 3.63) is 35.9 Å². The molecule has 0 aromatic heterocycles. The van der Waals surface area contributed by atoms with Gasteiger partial charge in [0.05, 0.1) is 19.8 Å². The molecule has 0 heterocycles. The van der Waals surface area contributed by atoms with E-state index in [2.05, 4.69) is 0 Å². The van der Waals surface area contributed by atoms with E-state index in [9.17, 15) is 14.7 Å². The first-order valence-corrected chi connectivity index (χ1v) is 7.61. The Balaban J connectivity index is 3.01. The molecular formula is C17H25NO6. The van der Waals surface area contributed by atoms with E-state index in [-0.39, 0.29) is 6.54 Å². The maximum atomic E-state index is 12.0. The van der Waals surface area contributed by atoms with Crippen LogP contribution >= 0.6 is 0 Å². The van der Waals surface area contributed by atoms with Gasteiger partial charge < -0.3 is 19.4 Å². The van der Waals surface area contributed by atoms with Crippen LogP contribution in [0.4, 0.5) is 4.79 Å². The molecule has 1 N–H and O–H groups in total. The van der Waals surface area contributed by atoms with E-state index in [1.54, 1.807) is 20.8 Å². The number of hydrogen-bond donors (Lipinski definition) is 1. The fourth-order valence-corrected chi connectivity index (χ4v) is 1.99. The zero-order valence-electron chi connectivity index (χ0n) is 14.7. The average molecular weight is 339 g/mol. The lowest BCUT2D eigenvalue weighted by Crippen LogP contribution is -2.49. The Morgan fingerprint density at radius 2 is 1.79 bits per heavy atom. The number of carbonyl (C=O) groups excluding carboxylic acids is 2. The number of methoxy groups -OCH3 is 1. The van der Waals surface area contributed by atoms with Crippen molar-refractivity contribution in [1.29, 1.82) is 0 Å². The number of hydroxylamine groups is 2. The standard InChI is InChI=1S/C17H25NO6/c1-12(19)14(15(20)22-5)18(11-13-9-7-6-8-10-13)24-16(21)23-17(2,3)4/h6-10,12,14,19H,11H2,1-5H3/t12-,14+/m1/s1. The van der Waals surface area contributed by atoms with Crippen molar-refractivity contribution in [2.75, 3.05) is 7.11 Å². The third kappa shape index (κ3) is 6.55. The fourth-order valence-electron chi connectivity index (χ4n) is 1.99. The molecule has 0 saturated heterocycles. The van der Waals surface area contributed by atoms with Gasteiger partial charge in [-0.2, -0.15) is 0 Å². The highest BCUT2D eigenvalue weighted by Crippen LogP contribution is 2.16. The lowest BCUT2D eigenvalue weighted by Gasteiger charge is -2.30. The second-order valence-electron chi connectivity index (χ2n) is 6.33. The fraction of sp³-hybridized carbons (Fsp3) is 0.529. The van der Waals surface area contributed by atoms with Gasteiger partial charge in [-0.3, -0.25) is 4.79 Å². The molecule has 0 aliphatic carbocycles. The molecule has 1 rings (SSSR count). The molecule has 0 fully saturated rings. The summed E-state index contributed by atoms with van der Waals surface area (Å²) < 4.78 is 9.81. The molecule has 134 valence electrons. The largest absolute Gasteiger partial charge is 0.528 e. The average Bonchev–Trinajstić information content (AvgIpc) is 2.45. The van der Waals surface area contributed by atoms with Gasteiger partial charge in [0.25, 0.3) is 0 Å². The number of nitrogens with zero attached hydrogens (tertiary/aromatic N) is 1. The predicted octanol–water partition coefficient (Wildman–Crippen LogP) is 2.28. The van der Waals surface area contributed by atoms with Gasteiger partial charge in [0.2, 0.25) is 0 Å². The van der Waals surface area contributed by atoms with E-state index in [1.165, 1.54) is 14.0 Å². The second kappa shape index (κ2) is 8.65. The molecule has 7 nitrogen and oxygen atoms in total. The molecule has 0 aliphatic heterocycles. The topological polar surface area (TPSA) is 85.3 Å². The first-order valence-electron chi connectivity index (χ1n) is 7.61.